The summed E-state index contributed by atoms with van der Waals surface area (Å²) >= 11 is 12.0. The van der Waals surface area contributed by atoms with Crippen LogP contribution in [0.1, 0.15) is 24.4 Å². The number of halogens is 2. The number of nitrogens with one attached hydrogen (secondary N) is 1. The standard InChI is InChI=1S/C20H22Cl2N2O3/c1-26-14-6-8-19(27-2)15(11-14)18-4-3-9-24(18)12-20(25)23-17-7-5-13(21)10-16(17)22/h5-8,10-11,18H,3-4,9,12H2,1-2H3,(H,23,25)/t18-/m0/s1. The predicted octanol–water partition coefficient (Wildman–Crippen LogP) is 4.79. The molecule has 1 aliphatic heterocycles. The van der Waals surface area contributed by atoms with Gasteiger partial charge in [0.1, 0.15) is 11.5 Å². The molecule has 1 N–H and O–H groups in total. The second-order valence-electron chi connectivity index (χ2n) is 6.41. The fraction of sp³-hybridized carbons (Fsp3) is 0.350. The fourth-order valence-corrected chi connectivity index (χ4v) is 3.89. The molecule has 1 atom stereocenters. The first kappa shape index (κ1) is 19.8. The summed E-state index contributed by atoms with van der Waals surface area (Å²) in [5.74, 6) is 1.46. The second kappa shape index (κ2) is 8.83. The van der Waals surface area contributed by atoms with Gasteiger partial charge in [0.25, 0.3) is 0 Å². The number of ether oxygens (including phenoxy) is 2. The Morgan fingerprint density at radius 2 is 2.00 bits per heavy atom. The Morgan fingerprint density at radius 3 is 2.70 bits per heavy atom. The second-order valence-corrected chi connectivity index (χ2v) is 7.25. The van der Waals surface area contributed by atoms with Crippen LogP contribution in [0.25, 0.3) is 0 Å². The number of anilines is 1. The molecule has 5 nitrogen and oxygen atoms in total. The van der Waals surface area contributed by atoms with Crippen LogP contribution in [0.4, 0.5) is 5.69 Å². The normalized spacial score (nSPS) is 17.0. The minimum absolute atomic E-state index is 0.0986. The molecule has 1 heterocycles. The Bertz CT molecular complexity index is 829. The summed E-state index contributed by atoms with van der Waals surface area (Å²) in [7, 11) is 3.29. The van der Waals surface area contributed by atoms with E-state index in [1.807, 2.05) is 18.2 Å². The van der Waals surface area contributed by atoms with Gasteiger partial charge >= 0.3 is 0 Å². The Labute approximate surface area is 169 Å². The highest BCUT2D eigenvalue weighted by Gasteiger charge is 2.30. The van der Waals surface area contributed by atoms with Crippen LogP contribution in [0.3, 0.4) is 0 Å². The van der Waals surface area contributed by atoms with Crippen LogP contribution in [0.15, 0.2) is 36.4 Å². The van der Waals surface area contributed by atoms with Gasteiger partial charge in [-0.3, -0.25) is 9.69 Å². The molecule has 0 spiro atoms. The number of hydrogen-bond donors (Lipinski definition) is 1. The predicted molar refractivity (Wildman–Crippen MR) is 108 cm³/mol. The molecule has 0 aromatic heterocycles. The van der Waals surface area contributed by atoms with Gasteiger partial charge in [-0.05, 0) is 55.8 Å². The van der Waals surface area contributed by atoms with Gasteiger partial charge in [0.05, 0.1) is 31.5 Å². The molecule has 1 saturated heterocycles. The zero-order valence-electron chi connectivity index (χ0n) is 15.3. The summed E-state index contributed by atoms with van der Waals surface area (Å²) in [5.41, 5.74) is 1.59. The molecule has 2 aromatic rings. The van der Waals surface area contributed by atoms with Crippen molar-refractivity contribution in [3.05, 3.63) is 52.0 Å². The summed E-state index contributed by atoms with van der Waals surface area (Å²) in [4.78, 5) is 14.7. The van der Waals surface area contributed by atoms with Gasteiger partial charge in [0, 0.05) is 16.6 Å². The first-order valence-corrected chi connectivity index (χ1v) is 9.48. The van der Waals surface area contributed by atoms with Crippen LogP contribution in [0, 0.1) is 0 Å². The molecule has 3 rings (SSSR count). The average molecular weight is 409 g/mol. The molecule has 144 valence electrons. The molecule has 0 bridgehead atoms. The van der Waals surface area contributed by atoms with Crippen molar-refractivity contribution >= 4 is 34.8 Å². The van der Waals surface area contributed by atoms with E-state index in [-0.39, 0.29) is 18.5 Å². The van der Waals surface area contributed by atoms with E-state index in [4.69, 9.17) is 32.7 Å². The van der Waals surface area contributed by atoms with Crippen LogP contribution in [0.5, 0.6) is 11.5 Å². The molecular weight excluding hydrogens is 387 g/mol. The number of benzene rings is 2. The van der Waals surface area contributed by atoms with Crippen molar-refractivity contribution in [1.82, 2.24) is 4.90 Å². The molecule has 1 fully saturated rings. The molecule has 1 aliphatic rings. The van der Waals surface area contributed by atoms with Crippen molar-refractivity contribution in [3.8, 4) is 11.5 Å². The van der Waals surface area contributed by atoms with E-state index in [1.54, 1.807) is 32.4 Å². The fourth-order valence-electron chi connectivity index (χ4n) is 3.43. The van der Waals surface area contributed by atoms with Gasteiger partial charge in [0.15, 0.2) is 0 Å². The first-order valence-electron chi connectivity index (χ1n) is 8.72. The highest BCUT2D eigenvalue weighted by molar-refractivity contribution is 6.36. The van der Waals surface area contributed by atoms with E-state index in [9.17, 15) is 4.79 Å². The average Bonchev–Trinajstić information content (AvgIpc) is 3.11. The number of likely N-dealkylation sites (tertiary alicyclic amines) is 1. The van der Waals surface area contributed by atoms with Crippen molar-refractivity contribution in [2.75, 3.05) is 32.6 Å². The molecule has 1 amide bonds. The Kier molecular flexibility index (Phi) is 6.47. The molecule has 2 aromatic carbocycles. The number of amides is 1. The number of carbonyl (C=O) groups is 1. The van der Waals surface area contributed by atoms with Crippen LogP contribution in [-0.2, 0) is 4.79 Å². The number of nitrogens with zero attached hydrogens (tertiary/aromatic N) is 1. The summed E-state index contributed by atoms with van der Waals surface area (Å²) in [6, 6.07) is 10.9. The zero-order chi connectivity index (χ0) is 19.4. The largest absolute Gasteiger partial charge is 0.497 e. The summed E-state index contributed by atoms with van der Waals surface area (Å²) in [5, 5.41) is 3.81. The number of methoxy groups -OCH3 is 2. The molecule has 27 heavy (non-hydrogen) atoms. The zero-order valence-corrected chi connectivity index (χ0v) is 16.8. The van der Waals surface area contributed by atoms with E-state index < -0.39 is 0 Å². The first-order chi connectivity index (χ1) is 13.0. The van der Waals surface area contributed by atoms with E-state index in [0.717, 1.165) is 36.4 Å². The molecule has 0 unspecified atom stereocenters. The van der Waals surface area contributed by atoms with Crippen molar-refractivity contribution in [1.29, 1.82) is 0 Å². The monoisotopic (exact) mass is 408 g/mol. The minimum Gasteiger partial charge on any atom is -0.497 e. The van der Waals surface area contributed by atoms with Gasteiger partial charge in [-0.15, -0.1) is 0 Å². The lowest BCUT2D eigenvalue weighted by molar-refractivity contribution is -0.117. The van der Waals surface area contributed by atoms with Gasteiger partial charge < -0.3 is 14.8 Å². The number of carbonyl (C=O) groups excluding carboxylic acids is 1. The van der Waals surface area contributed by atoms with E-state index in [2.05, 4.69) is 10.2 Å². The lowest BCUT2D eigenvalue weighted by atomic mass is 10.0. The third-order valence-electron chi connectivity index (χ3n) is 4.71. The maximum atomic E-state index is 12.6. The lowest BCUT2D eigenvalue weighted by Gasteiger charge is -2.26. The number of hydrogen-bond acceptors (Lipinski definition) is 4. The van der Waals surface area contributed by atoms with E-state index in [0.29, 0.717) is 15.7 Å². The van der Waals surface area contributed by atoms with Crippen molar-refractivity contribution in [2.24, 2.45) is 0 Å². The van der Waals surface area contributed by atoms with E-state index in [1.165, 1.54) is 0 Å². The minimum atomic E-state index is -0.118. The topological polar surface area (TPSA) is 50.8 Å². The Morgan fingerprint density at radius 1 is 1.19 bits per heavy atom. The highest BCUT2D eigenvalue weighted by atomic mass is 35.5. The van der Waals surface area contributed by atoms with Gasteiger partial charge in [-0.25, -0.2) is 0 Å². The molecule has 0 radical (unpaired) electrons. The SMILES string of the molecule is COc1ccc(OC)c([C@@H]2CCCN2CC(=O)Nc2ccc(Cl)cc2Cl)c1. The van der Waals surface area contributed by atoms with Crippen LogP contribution >= 0.6 is 23.2 Å². The molecular formula is C20H22Cl2N2O3. The summed E-state index contributed by atoms with van der Waals surface area (Å²) < 4.78 is 10.9. The Hall–Kier alpha value is -1.95. The van der Waals surface area contributed by atoms with Crippen LogP contribution in [0.2, 0.25) is 10.0 Å². The lowest BCUT2D eigenvalue weighted by Crippen LogP contribution is -2.33. The number of rotatable bonds is 6. The van der Waals surface area contributed by atoms with Gasteiger partial charge in [0.2, 0.25) is 5.91 Å². The van der Waals surface area contributed by atoms with E-state index >= 15 is 0 Å². The Balaban J connectivity index is 1.74. The van der Waals surface area contributed by atoms with Crippen LogP contribution in [-0.4, -0.2) is 38.1 Å². The smallest absolute Gasteiger partial charge is 0.238 e. The van der Waals surface area contributed by atoms with Gasteiger partial charge in [-0.1, -0.05) is 23.2 Å². The maximum Gasteiger partial charge on any atom is 0.238 e. The quantitative estimate of drug-likeness (QED) is 0.746. The van der Waals surface area contributed by atoms with Crippen molar-refractivity contribution < 1.29 is 14.3 Å². The summed E-state index contributed by atoms with van der Waals surface area (Å²) in [6.45, 7) is 1.11. The summed E-state index contributed by atoms with van der Waals surface area (Å²) in [6.07, 6.45) is 1.97. The molecule has 0 aliphatic carbocycles. The highest BCUT2D eigenvalue weighted by Crippen LogP contribution is 2.38. The third-order valence-corrected chi connectivity index (χ3v) is 5.26. The molecule has 7 heteroatoms. The maximum absolute atomic E-state index is 12.6. The molecule has 0 saturated carbocycles. The van der Waals surface area contributed by atoms with Gasteiger partial charge in [-0.2, -0.15) is 0 Å². The van der Waals surface area contributed by atoms with Crippen LogP contribution < -0.4 is 14.8 Å². The van der Waals surface area contributed by atoms with Crippen molar-refractivity contribution in [2.45, 2.75) is 18.9 Å². The van der Waals surface area contributed by atoms with Crippen molar-refractivity contribution in [3.63, 3.8) is 0 Å². The third kappa shape index (κ3) is 4.67.